The summed E-state index contributed by atoms with van der Waals surface area (Å²) >= 11 is 0. The molecule has 4 rings (SSSR count). The van der Waals surface area contributed by atoms with Crippen LogP contribution in [0.25, 0.3) is 21.6 Å². The SMILES string of the molecule is CCOc1nc(N)nc2c1ncn2[C@@H]1O[C@H](COP(=O)(N[C@@H](C)C(=O)OC)Oc2ccc(C)cc2)[C@@H](O)[C@@]1(C)N=[N+]=[N-]. The predicted octanol–water partition coefficient (Wildman–Crippen LogP) is 2.80. The van der Waals surface area contributed by atoms with E-state index in [4.69, 9.17) is 29.0 Å². The number of hydrogen-bond acceptors (Lipinski definition) is 13. The average Bonchev–Trinajstić information content (AvgIpc) is 3.47. The molecule has 1 fully saturated rings. The molecule has 3 aromatic rings. The molecule has 3 heterocycles. The first-order valence-corrected chi connectivity index (χ1v) is 14.4. The number of nitrogens with one attached hydrogen (secondary N) is 1. The normalized spacial score (nSPS) is 24.0. The van der Waals surface area contributed by atoms with Gasteiger partial charge in [-0.05, 0) is 45.4 Å². The number of anilines is 1. The fraction of sp³-hybridized carbons (Fsp3) is 0.500. The van der Waals surface area contributed by atoms with Gasteiger partial charge in [0, 0.05) is 4.91 Å². The Morgan fingerprint density at radius 3 is 2.74 bits per heavy atom. The van der Waals surface area contributed by atoms with E-state index in [1.807, 2.05) is 6.92 Å². The van der Waals surface area contributed by atoms with Crippen LogP contribution in [0.1, 0.15) is 32.6 Å². The van der Waals surface area contributed by atoms with Crippen molar-refractivity contribution in [3.05, 3.63) is 46.6 Å². The monoisotopic (exact) mass is 605 g/mol. The molecule has 6 atom stereocenters. The Morgan fingerprint density at radius 2 is 2.10 bits per heavy atom. The lowest BCUT2D eigenvalue weighted by molar-refractivity contribution is -0.142. The molecule has 0 aliphatic carbocycles. The Balaban J connectivity index is 1.64. The molecule has 17 nitrogen and oxygen atoms in total. The summed E-state index contributed by atoms with van der Waals surface area (Å²) in [6, 6.07) is 5.57. The summed E-state index contributed by atoms with van der Waals surface area (Å²) in [6.45, 7) is 6.32. The van der Waals surface area contributed by atoms with Gasteiger partial charge in [-0.3, -0.25) is 13.9 Å². The summed E-state index contributed by atoms with van der Waals surface area (Å²) in [5.41, 5.74) is 15.0. The van der Waals surface area contributed by atoms with Crippen molar-refractivity contribution >= 4 is 30.8 Å². The molecule has 0 bridgehead atoms. The summed E-state index contributed by atoms with van der Waals surface area (Å²) in [5.74, 6) is -0.469. The first-order valence-electron chi connectivity index (χ1n) is 12.8. The molecule has 4 N–H and O–H groups in total. The highest BCUT2D eigenvalue weighted by molar-refractivity contribution is 7.52. The predicted molar refractivity (Wildman–Crippen MR) is 148 cm³/mol. The van der Waals surface area contributed by atoms with Gasteiger partial charge in [0.15, 0.2) is 17.4 Å². The van der Waals surface area contributed by atoms with Crippen LogP contribution in [0.2, 0.25) is 0 Å². The third kappa shape index (κ3) is 6.26. The number of aromatic nitrogens is 4. The third-order valence-corrected chi connectivity index (χ3v) is 8.16. The number of aliphatic hydroxyl groups excluding tert-OH is 1. The van der Waals surface area contributed by atoms with Crippen molar-refractivity contribution in [3.63, 3.8) is 0 Å². The number of imidazole rings is 1. The van der Waals surface area contributed by atoms with Gasteiger partial charge >= 0.3 is 13.7 Å². The van der Waals surface area contributed by atoms with Crippen LogP contribution in [0.4, 0.5) is 5.95 Å². The van der Waals surface area contributed by atoms with Gasteiger partial charge < -0.3 is 29.6 Å². The van der Waals surface area contributed by atoms with E-state index in [1.165, 1.54) is 31.9 Å². The van der Waals surface area contributed by atoms with Gasteiger partial charge in [-0.15, -0.1) is 0 Å². The molecule has 1 aromatic carbocycles. The Labute approximate surface area is 240 Å². The van der Waals surface area contributed by atoms with Crippen LogP contribution >= 0.6 is 7.75 Å². The number of carbonyl (C=O) groups excluding carboxylic acids is 1. The molecular weight excluding hydrogens is 573 g/mol. The average molecular weight is 606 g/mol. The largest absolute Gasteiger partial charge is 0.476 e. The number of aliphatic hydroxyl groups is 1. The maximum atomic E-state index is 13.8. The highest BCUT2D eigenvalue weighted by Crippen LogP contribution is 2.48. The standard InChI is InChI=1S/C24H32N9O8P/c1-6-38-20-17-19(28-23(25)29-20)33(12-27-17)22-24(4,31-32-26)18(34)16(40-22)11-39-42(36,30-14(3)21(35)37-5)41-15-9-7-13(2)8-10-15/h7-10,12,14,16,18,22,34H,6,11H2,1-5H3,(H,30,36)(H2,25,28,29)/t14-,16+,18+,22+,24+,42?/m0/s1. The Bertz CT molecular complexity index is 1530. The second-order valence-electron chi connectivity index (χ2n) is 9.60. The van der Waals surface area contributed by atoms with E-state index in [-0.39, 0.29) is 28.7 Å². The van der Waals surface area contributed by atoms with Crippen LogP contribution in [-0.4, -0.2) is 74.7 Å². The highest BCUT2D eigenvalue weighted by Gasteiger charge is 2.55. The zero-order valence-corrected chi connectivity index (χ0v) is 24.5. The summed E-state index contributed by atoms with van der Waals surface area (Å²) in [7, 11) is -3.09. The molecule has 0 amide bonds. The topological polar surface area (TPSA) is 231 Å². The minimum absolute atomic E-state index is 0.100. The minimum atomic E-state index is -4.27. The summed E-state index contributed by atoms with van der Waals surface area (Å²) in [5, 5.41) is 17.7. The van der Waals surface area contributed by atoms with E-state index in [0.29, 0.717) is 6.61 Å². The van der Waals surface area contributed by atoms with Crippen molar-refractivity contribution in [2.24, 2.45) is 5.11 Å². The Hall–Kier alpha value is -3.98. The van der Waals surface area contributed by atoms with Crippen molar-refractivity contribution in [1.29, 1.82) is 0 Å². The van der Waals surface area contributed by atoms with Crippen molar-refractivity contribution < 1.29 is 37.7 Å². The second kappa shape index (κ2) is 12.5. The molecule has 2 aromatic heterocycles. The lowest BCUT2D eigenvalue weighted by Crippen LogP contribution is -2.43. The molecule has 226 valence electrons. The van der Waals surface area contributed by atoms with Crippen molar-refractivity contribution in [3.8, 4) is 11.6 Å². The third-order valence-electron chi connectivity index (χ3n) is 6.52. The zero-order chi connectivity index (χ0) is 30.7. The molecule has 0 saturated carbocycles. The van der Waals surface area contributed by atoms with Crippen LogP contribution < -0.4 is 20.1 Å². The maximum Gasteiger partial charge on any atom is 0.459 e. The molecule has 1 unspecified atom stereocenters. The van der Waals surface area contributed by atoms with Crippen LogP contribution in [0.5, 0.6) is 11.6 Å². The summed E-state index contributed by atoms with van der Waals surface area (Å²) in [4.78, 5) is 27.6. The van der Waals surface area contributed by atoms with E-state index in [0.717, 1.165) is 5.56 Å². The van der Waals surface area contributed by atoms with Crippen molar-refractivity contribution in [2.75, 3.05) is 26.1 Å². The van der Waals surface area contributed by atoms with E-state index in [2.05, 4.69) is 30.1 Å². The number of fused-ring (bicyclic) bond motifs is 1. The van der Waals surface area contributed by atoms with Gasteiger partial charge in [-0.1, -0.05) is 22.8 Å². The number of azide groups is 1. The quantitative estimate of drug-likeness (QED) is 0.0887. The molecule has 42 heavy (non-hydrogen) atoms. The number of ether oxygens (including phenoxy) is 3. The van der Waals surface area contributed by atoms with Crippen molar-refractivity contribution in [1.82, 2.24) is 24.6 Å². The van der Waals surface area contributed by atoms with Crippen molar-refractivity contribution in [2.45, 2.75) is 57.7 Å². The number of nitrogens with zero attached hydrogens (tertiary/aromatic N) is 7. The molecule has 0 spiro atoms. The molecular formula is C24H32N9O8P. The number of esters is 1. The Kier molecular flexibility index (Phi) is 9.21. The fourth-order valence-electron chi connectivity index (χ4n) is 4.36. The number of methoxy groups -OCH3 is 1. The lowest BCUT2D eigenvalue weighted by atomic mass is 9.93. The highest BCUT2D eigenvalue weighted by atomic mass is 31.2. The van der Waals surface area contributed by atoms with Gasteiger partial charge in [0.25, 0.3) is 0 Å². The van der Waals surface area contributed by atoms with Gasteiger partial charge in [-0.2, -0.15) is 15.1 Å². The number of rotatable bonds is 12. The molecule has 0 radical (unpaired) electrons. The molecule has 1 aliphatic rings. The van der Waals surface area contributed by atoms with Gasteiger partial charge in [0.05, 0.1) is 32.8 Å². The minimum Gasteiger partial charge on any atom is -0.476 e. The number of hydrogen-bond donors (Lipinski definition) is 3. The Morgan fingerprint density at radius 1 is 1.38 bits per heavy atom. The van der Waals surface area contributed by atoms with Gasteiger partial charge in [0.2, 0.25) is 11.8 Å². The first-order chi connectivity index (χ1) is 19.9. The summed E-state index contributed by atoms with van der Waals surface area (Å²) in [6.07, 6.45) is -2.46. The van der Waals surface area contributed by atoms with E-state index < -0.39 is 50.3 Å². The van der Waals surface area contributed by atoms with Gasteiger partial charge in [0.1, 0.15) is 23.4 Å². The number of carbonyl (C=O) groups is 1. The van der Waals surface area contributed by atoms with Crippen LogP contribution in [-0.2, 0) is 23.4 Å². The summed E-state index contributed by atoms with van der Waals surface area (Å²) < 4.78 is 42.9. The van der Waals surface area contributed by atoms with Gasteiger partial charge in [-0.25, -0.2) is 9.55 Å². The number of nitrogen functional groups attached to an aromatic ring is 1. The molecule has 1 saturated heterocycles. The van der Waals surface area contributed by atoms with Crippen LogP contribution in [0.3, 0.4) is 0 Å². The van der Waals surface area contributed by atoms with Crippen LogP contribution in [0, 0.1) is 6.92 Å². The first kappa shape index (κ1) is 31.0. The lowest BCUT2D eigenvalue weighted by Gasteiger charge is -2.28. The molecule has 18 heteroatoms. The molecule has 1 aliphatic heterocycles. The number of benzene rings is 1. The van der Waals surface area contributed by atoms with E-state index in [9.17, 15) is 20.0 Å². The van der Waals surface area contributed by atoms with E-state index >= 15 is 0 Å². The number of nitrogens with two attached hydrogens (primary N) is 1. The smallest absolute Gasteiger partial charge is 0.459 e. The second-order valence-corrected chi connectivity index (χ2v) is 11.3. The fourth-order valence-corrected chi connectivity index (χ4v) is 5.87. The van der Waals surface area contributed by atoms with Crippen LogP contribution in [0.15, 0.2) is 35.7 Å². The zero-order valence-electron chi connectivity index (χ0n) is 23.6. The number of aryl methyl sites for hydroxylation is 1. The maximum absolute atomic E-state index is 13.8. The van der Waals surface area contributed by atoms with E-state index in [1.54, 1.807) is 31.2 Å².